The zero-order chi connectivity index (χ0) is 30.1. The quantitative estimate of drug-likeness (QED) is 0.208. The normalized spacial score (nSPS) is 13.3. The standard InChI is InChI=1S/C42H30N2O/c1-42(2)38-11-7-6-10-34(38)36-24-32(17-19-39(36)42)44(31-14-12-28(13-15-31)27-8-4-3-5-9-27)33-16-18-35-37-22-30-26-43-21-20-29(30)23-40(37)45-41(35)25-33/h3-26H,1-2H3. The minimum Gasteiger partial charge on any atom is -0.456 e. The molecular formula is C42H30N2O. The van der Waals surface area contributed by atoms with Crippen molar-refractivity contribution in [1.29, 1.82) is 0 Å². The Bertz CT molecular complexity index is 2400. The van der Waals surface area contributed by atoms with Gasteiger partial charge in [0.2, 0.25) is 0 Å². The van der Waals surface area contributed by atoms with Crippen LogP contribution in [0.3, 0.4) is 0 Å². The third kappa shape index (κ3) is 4.01. The monoisotopic (exact) mass is 578 g/mol. The van der Waals surface area contributed by atoms with E-state index in [4.69, 9.17) is 4.42 Å². The Balaban J connectivity index is 1.23. The fraction of sp³-hybridized carbons (Fsp3) is 0.0714. The topological polar surface area (TPSA) is 29.3 Å². The second-order valence-corrected chi connectivity index (χ2v) is 12.5. The van der Waals surface area contributed by atoms with Crippen LogP contribution < -0.4 is 4.90 Å². The average molecular weight is 579 g/mol. The lowest BCUT2D eigenvalue weighted by Gasteiger charge is -2.27. The maximum Gasteiger partial charge on any atom is 0.137 e. The first-order chi connectivity index (χ1) is 22.0. The van der Waals surface area contributed by atoms with Crippen LogP contribution in [-0.2, 0) is 5.41 Å². The number of hydrogen-bond donors (Lipinski definition) is 0. The van der Waals surface area contributed by atoms with E-state index in [1.54, 1.807) is 0 Å². The summed E-state index contributed by atoms with van der Waals surface area (Å²) in [4.78, 5) is 6.67. The van der Waals surface area contributed by atoms with Crippen LogP contribution in [0.15, 0.2) is 150 Å². The summed E-state index contributed by atoms with van der Waals surface area (Å²) in [6.45, 7) is 4.65. The first kappa shape index (κ1) is 25.8. The van der Waals surface area contributed by atoms with Crippen LogP contribution in [0.2, 0.25) is 0 Å². The van der Waals surface area contributed by atoms with E-state index in [0.29, 0.717) is 0 Å². The molecule has 9 rings (SSSR count). The molecule has 0 aliphatic heterocycles. The molecule has 0 amide bonds. The number of pyridine rings is 1. The van der Waals surface area contributed by atoms with Crippen LogP contribution in [-0.4, -0.2) is 4.98 Å². The number of aromatic nitrogens is 1. The molecule has 0 saturated heterocycles. The van der Waals surface area contributed by atoms with Crippen molar-refractivity contribution in [2.45, 2.75) is 19.3 Å². The van der Waals surface area contributed by atoms with Crippen molar-refractivity contribution < 1.29 is 4.42 Å². The Morgan fingerprint density at radius 3 is 2.09 bits per heavy atom. The largest absolute Gasteiger partial charge is 0.456 e. The first-order valence-electron chi connectivity index (χ1n) is 15.4. The predicted octanol–water partition coefficient (Wildman–Crippen LogP) is 11.6. The van der Waals surface area contributed by atoms with Gasteiger partial charge in [-0.2, -0.15) is 0 Å². The summed E-state index contributed by atoms with van der Waals surface area (Å²) in [5.74, 6) is 0. The van der Waals surface area contributed by atoms with Crippen molar-refractivity contribution in [2.24, 2.45) is 0 Å². The summed E-state index contributed by atoms with van der Waals surface area (Å²) in [6.07, 6.45) is 3.74. The predicted molar refractivity (Wildman–Crippen MR) is 187 cm³/mol. The van der Waals surface area contributed by atoms with Gasteiger partial charge in [-0.25, -0.2) is 0 Å². The van der Waals surface area contributed by atoms with Crippen molar-refractivity contribution in [3.05, 3.63) is 157 Å². The van der Waals surface area contributed by atoms with E-state index in [1.165, 1.54) is 33.4 Å². The van der Waals surface area contributed by atoms with Gasteiger partial charge in [0, 0.05) is 57.1 Å². The number of rotatable bonds is 4. The van der Waals surface area contributed by atoms with Gasteiger partial charge in [0.15, 0.2) is 0 Å². The lowest BCUT2D eigenvalue weighted by Crippen LogP contribution is -2.15. The number of anilines is 3. The van der Waals surface area contributed by atoms with E-state index in [-0.39, 0.29) is 5.41 Å². The number of fused-ring (bicyclic) bond motifs is 7. The lowest BCUT2D eigenvalue weighted by molar-refractivity contribution is 0.660. The van der Waals surface area contributed by atoms with Crippen molar-refractivity contribution >= 4 is 49.8 Å². The summed E-state index contributed by atoms with van der Waals surface area (Å²) < 4.78 is 6.50. The van der Waals surface area contributed by atoms with Gasteiger partial charge in [-0.3, -0.25) is 4.98 Å². The molecule has 3 heteroatoms. The Kier molecular flexibility index (Phi) is 5.54. The molecule has 8 aromatic rings. The average Bonchev–Trinajstić information content (AvgIpc) is 3.55. The van der Waals surface area contributed by atoms with Crippen LogP contribution >= 0.6 is 0 Å². The molecule has 2 heterocycles. The van der Waals surface area contributed by atoms with Crippen molar-refractivity contribution in [3.8, 4) is 22.3 Å². The summed E-state index contributed by atoms with van der Waals surface area (Å²) in [5.41, 5.74) is 12.7. The second kappa shape index (κ2) is 9.67. The van der Waals surface area contributed by atoms with Crippen molar-refractivity contribution in [1.82, 2.24) is 4.98 Å². The van der Waals surface area contributed by atoms with Gasteiger partial charge in [-0.15, -0.1) is 0 Å². The van der Waals surface area contributed by atoms with E-state index in [1.807, 2.05) is 18.5 Å². The molecule has 0 bridgehead atoms. The number of furan rings is 1. The maximum atomic E-state index is 6.50. The maximum absolute atomic E-state index is 6.50. The molecule has 2 aromatic heterocycles. The molecule has 45 heavy (non-hydrogen) atoms. The van der Waals surface area contributed by atoms with Gasteiger partial charge < -0.3 is 9.32 Å². The van der Waals surface area contributed by atoms with E-state index >= 15 is 0 Å². The van der Waals surface area contributed by atoms with E-state index in [9.17, 15) is 0 Å². The van der Waals surface area contributed by atoms with Gasteiger partial charge in [-0.05, 0) is 93.4 Å². The van der Waals surface area contributed by atoms with Crippen LogP contribution in [0.5, 0.6) is 0 Å². The molecule has 0 saturated carbocycles. The van der Waals surface area contributed by atoms with E-state index in [0.717, 1.165) is 49.8 Å². The minimum absolute atomic E-state index is 0.0428. The van der Waals surface area contributed by atoms with E-state index in [2.05, 4.69) is 151 Å². The summed E-state index contributed by atoms with van der Waals surface area (Å²) in [5, 5.41) is 4.44. The number of hydrogen-bond acceptors (Lipinski definition) is 3. The molecule has 6 aromatic carbocycles. The molecule has 0 radical (unpaired) electrons. The Labute approximate surface area is 262 Å². The SMILES string of the molecule is CC1(C)c2ccccc2-c2cc(N(c3ccc(-c4ccccc4)cc3)c3ccc4c(c3)oc3cc5ccncc5cc34)ccc21. The zero-order valence-electron chi connectivity index (χ0n) is 25.2. The van der Waals surface area contributed by atoms with Gasteiger partial charge >= 0.3 is 0 Å². The van der Waals surface area contributed by atoms with Crippen LogP contribution in [0.4, 0.5) is 17.1 Å². The summed E-state index contributed by atoms with van der Waals surface area (Å²) in [6, 6.07) is 48.1. The Morgan fingerprint density at radius 1 is 0.533 bits per heavy atom. The molecular weight excluding hydrogens is 548 g/mol. The third-order valence-electron chi connectivity index (χ3n) is 9.53. The molecule has 0 atom stereocenters. The van der Waals surface area contributed by atoms with Crippen molar-refractivity contribution in [2.75, 3.05) is 4.90 Å². The Morgan fingerprint density at radius 2 is 1.22 bits per heavy atom. The van der Waals surface area contributed by atoms with Crippen LogP contribution in [0.25, 0.3) is 55.0 Å². The number of nitrogens with zero attached hydrogens (tertiary/aromatic N) is 2. The van der Waals surface area contributed by atoms with Crippen LogP contribution in [0.1, 0.15) is 25.0 Å². The highest BCUT2D eigenvalue weighted by Gasteiger charge is 2.35. The van der Waals surface area contributed by atoms with Gasteiger partial charge in [-0.1, -0.05) is 86.6 Å². The smallest absolute Gasteiger partial charge is 0.137 e. The lowest BCUT2D eigenvalue weighted by atomic mass is 9.82. The highest BCUT2D eigenvalue weighted by molar-refractivity contribution is 6.10. The highest BCUT2D eigenvalue weighted by Crippen LogP contribution is 2.50. The molecule has 0 N–H and O–H groups in total. The van der Waals surface area contributed by atoms with Gasteiger partial charge in [0.25, 0.3) is 0 Å². The molecule has 0 spiro atoms. The molecule has 1 aliphatic rings. The summed E-state index contributed by atoms with van der Waals surface area (Å²) >= 11 is 0. The fourth-order valence-corrected chi connectivity index (χ4v) is 7.21. The fourth-order valence-electron chi connectivity index (χ4n) is 7.21. The molecule has 1 aliphatic carbocycles. The molecule has 0 unspecified atom stereocenters. The summed E-state index contributed by atoms with van der Waals surface area (Å²) in [7, 11) is 0. The highest BCUT2D eigenvalue weighted by atomic mass is 16.3. The molecule has 3 nitrogen and oxygen atoms in total. The molecule has 0 fully saturated rings. The minimum atomic E-state index is -0.0428. The zero-order valence-corrected chi connectivity index (χ0v) is 25.2. The second-order valence-electron chi connectivity index (χ2n) is 12.5. The van der Waals surface area contributed by atoms with Gasteiger partial charge in [0.05, 0.1) is 0 Å². The Hall–Kier alpha value is -5.67. The third-order valence-corrected chi connectivity index (χ3v) is 9.53. The first-order valence-corrected chi connectivity index (χ1v) is 15.4. The van der Waals surface area contributed by atoms with Crippen molar-refractivity contribution in [3.63, 3.8) is 0 Å². The number of benzene rings is 6. The van der Waals surface area contributed by atoms with E-state index < -0.39 is 0 Å². The van der Waals surface area contributed by atoms with Gasteiger partial charge in [0.1, 0.15) is 11.2 Å². The van der Waals surface area contributed by atoms with Crippen LogP contribution in [0, 0.1) is 0 Å². The molecule has 214 valence electrons.